The molecule has 1 aromatic carbocycles. The highest BCUT2D eigenvalue weighted by Crippen LogP contribution is 2.28. The van der Waals surface area contributed by atoms with Crippen LogP contribution in [0.25, 0.3) is 0 Å². The molecule has 0 saturated heterocycles. The van der Waals surface area contributed by atoms with Gasteiger partial charge in [-0.15, -0.1) is 23.1 Å². The van der Waals surface area contributed by atoms with Crippen LogP contribution in [0.4, 0.5) is 0 Å². The maximum Gasteiger partial charge on any atom is 0.0417 e. The maximum atomic E-state index is 6.18. The summed E-state index contributed by atoms with van der Waals surface area (Å²) in [5, 5.41) is 2.87. The number of hydrogen-bond donors (Lipinski definition) is 1. The van der Waals surface area contributed by atoms with Gasteiger partial charge in [-0.2, -0.15) is 0 Å². The van der Waals surface area contributed by atoms with Crippen LogP contribution in [0.2, 0.25) is 5.02 Å². The van der Waals surface area contributed by atoms with Crippen LogP contribution in [-0.2, 0) is 0 Å². The first kappa shape index (κ1) is 13.0. The van der Waals surface area contributed by atoms with E-state index in [1.807, 2.05) is 18.2 Å². The first-order chi connectivity index (χ1) is 8.16. The van der Waals surface area contributed by atoms with Crippen molar-refractivity contribution in [2.24, 2.45) is 5.73 Å². The van der Waals surface area contributed by atoms with Gasteiger partial charge in [0.25, 0.3) is 0 Å². The lowest BCUT2D eigenvalue weighted by Crippen LogP contribution is -2.12. The van der Waals surface area contributed by atoms with Crippen molar-refractivity contribution >= 4 is 34.7 Å². The minimum atomic E-state index is 0.0882. The van der Waals surface area contributed by atoms with Crippen LogP contribution in [0, 0.1) is 6.92 Å². The van der Waals surface area contributed by atoms with E-state index in [1.54, 1.807) is 23.1 Å². The van der Waals surface area contributed by atoms with E-state index in [4.69, 9.17) is 17.3 Å². The number of halogens is 1. The lowest BCUT2D eigenvalue weighted by molar-refractivity contribution is 0.829. The first-order valence-corrected chi connectivity index (χ1v) is 7.59. The third-order valence-corrected chi connectivity index (χ3v) is 4.73. The average molecular weight is 284 g/mol. The summed E-state index contributed by atoms with van der Waals surface area (Å²) in [4.78, 5) is 2.48. The fourth-order valence-electron chi connectivity index (χ4n) is 1.61. The van der Waals surface area contributed by atoms with E-state index in [0.717, 1.165) is 10.8 Å². The van der Waals surface area contributed by atoms with Crippen LogP contribution in [-0.4, -0.2) is 5.75 Å². The zero-order valence-corrected chi connectivity index (χ0v) is 11.9. The molecule has 2 N–H and O–H groups in total. The Hall–Kier alpha value is -0.480. The van der Waals surface area contributed by atoms with Gasteiger partial charge in [-0.25, -0.2) is 0 Å². The molecule has 2 aromatic rings. The molecule has 1 atom stereocenters. The van der Waals surface area contributed by atoms with Crippen molar-refractivity contribution in [2.75, 3.05) is 5.75 Å². The lowest BCUT2D eigenvalue weighted by Gasteiger charge is -2.11. The van der Waals surface area contributed by atoms with Crippen LogP contribution >= 0.6 is 34.7 Å². The van der Waals surface area contributed by atoms with Gasteiger partial charge < -0.3 is 5.73 Å². The monoisotopic (exact) mass is 283 g/mol. The fourth-order valence-corrected chi connectivity index (χ4v) is 3.58. The summed E-state index contributed by atoms with van der Waals surface area (Å²) in [6.45, 7) is 2.11. The van der Waals surface area contributed by atoms with E-state index < -0.39 is 0 Å². The normalized spacial score (nSPS) is 12.6. The van der Waals surface area contributed by atoms with Crippen molar-refractivity contribution in [3.63, 3.8) is 0 Å². The molecule has 0 radical (unpaired) electrons. The van der Waals surface area contributed by atoms with E-state index >= 15 is 0 Å². The van der Waals surface area contributed by atoms with Gasteiger partial charge >= 0.3 is 0 Å². The van der Waals surface area contributed by atoms with Gasteiger partial charge in [-0.3, -0.25) is 0 Å². The Balaban J connectivity index is 1.97. The Morgan fingerprint density at radius 1 is 1.41 bits per heavy atom. The maximum absolute atomic E-state index is 6.18. The van der Waals surface area contributed by atoms with E-state index in [1.165, 1.54) is 15.3 Å². The van der Waals surface area contributed by atoms with E-state index in [-0.39, 0.29) is 6.04 Å². The second-order valence-corrected chi connectivity index (χ2v) is 6.46. The molecule has 0 saturated carbocycles. The molecule has 4 heteroatoms. The predicted octanol–water partition coefficient (Wildman–Crippen LogP) is 4.50. The molecular weight excluding hydrogens is 270 g/mol. The number of hydrogen-bond acceptors (Lipinski definition) is 3. The smallest absolute Gasteiger partial charge is 0.0417 e. The number of thioether (sulfide) groups is 1. The van der Waals surface area contributed by atoms with Crippen molar-refractivity contribution in [3.8, 4) is 0 Å². The highest BCUT2D eigenvalue weighted by atomic mass is 35.5. The summed E-state index contributed by atoms with van der Waals surface area (Å²) in [5.41, 5.74) is 7.43. The van der Waals surface area contributed by atoms with Gasteiger partial charge in [0, 0.05) is 26.6 Å². The third-order valence-electron chi connectivity index (χ3n) is 2.52. The van der Waals surface area contributed by atoms with Crippen LogP contribution in [0.5, 0.6) is 0 Å². The molecule has 1 nitrogen and oxygen atoms in total. The van der Waals surface area contributed by atoms with Crippen LogP contribution in [0.3, 0.4) is 0 Å². The van der Waals surface area contributed by atoms with Crippen molar-refractivity contribution in [2.45, 2.75) is 17.9 Å². The highest BCUT2D eigenvalue weighted by Gasteiger charge is 2.10. The molecule has 17 heavy (non-hydrogen) atoms. The van der Waals surface area contributed by atoms with Crippen LogP contribution in [0.15, 0.2) is 40.6 Å². The summed E-state index contributed by atoms with van der Waals surface area (Å²) in [5.74, 6) is 0.873. The molecule has 0 aliphatic heterocycles. The largest absolute Gasteiger partial charge is 0.323 e. The standard InChI is InChI=1S/C13H14ClNS2/c1-9-12(5-6-16-9)13(15)8-17-11-4-2-3-10(14)7-11/h2-7,13H,8,15H2,1H3. The number of nitrogens with two attached hydrogens (primary N) is 1. The molecular formula is C13H14ClNS2. The quantitative estimate of drug-likeness (QED) is 0.836. The van der Waals surface area contributed by atoms with E-state index in [2.05, 4.69) is 24.4 Å². The van der Waals surface area contributed by atoms with E-state index in [0.29, 0.717) is 0 Å². The first-order valence-electron chi connectivity index (χ1n) is 5.35. The Bertz CT molecular complexity index is 496. The topological polar surface area (TPSA) is 26.0 Å². The van der Waals surface area contributed by atoms with Crippen molar-refractivity contribution < 1.29 is 0 Å². The highest BCUT2D eigenvalue weighted by molar-refractivity contribution is 7.99. The van der Waals surface area contributed by atoms with Gasteiger partial charge in [0.05, 0.1) is 0 Å². The minimum absolute atomic E-state index is 0.0882. The molecule has 0 amide bonds. The summed E-state index contributed by atoms with van der Waals surface area (Å²) in [7, 11) is 0. The second-order valence-electron chi connectivity index (χ2n) is 3.81. The SMILES string of the molecule is Cc1sccc1C(N)CSc1cccc(Cl)c1. The molecule has 0 aliphatic carbocycles. The molecule has 2 rings (SSSR count). The average Bonchev–Trinajstić information content (AvgIpc) is 2.72. The molecule has 0 spiro atoms. The summed E-state index contributed by atoms with van der Waals surface area (Å²) in [6.07, 6.45) is 0. The number of rotatable bonds is 4. The molecule has 90 valence electrons. The van der Waals surface area contributed by atoms with Gasteiger partial charge in [0.15, 0.2) is 0 Å². The third kappa shape index (κ3) is 3.49. The molecule has 0 fully saturated rings. The molecule has 1 heterocycles. The molecule has 0 aliphatic rings. The molecule has 1 aromatic heterocycles. The van der Waals surface area contributed by atoms with Gasteiger partial charge in [0.2, 0.25) is 0 Å². The van der Waals surface area contributed by atoms with Crippen LogP contribution in [0.1, 0.15) is 16.5 Å². The van der Waals surface area contributed by atoms with Gasteiger partial charge in [-0.05, 0) is 42.1 Å². The Morgan fingerprint density at radius 3 is 2.88 bits per heavy atom. The number of benzene rings is 1. The summed E-state index contributed by atoms with van der Waals surface area (Å²) in [6, 6.07) is 10.1. The summed E-state index contributed by atoms with van der Waals surface area (Å²) >= 11 is 9.43. The van der Waals surface area contributed by atoms with E-state index in [9.17, 15) is 0 Å². The molecule has 1 unspecified atom stereocenters. The lowest BCUT2D eigenvalue weighted by atomic mass is 10.1. The Kier molecular flexibility index (Phi) is 4.51. The Labute approximate surface area is 115 Å². The zero-order valence-electron chi connectivity index (χ0n) is 9.52. The fraction of sp³-hybridized carbons (Fsp3) is 0.231. The van der Waals surface area contributed by atoms with Crippen LogP contribution < -0.4 is 5.73 Å². The van der Waals surface area contributed by atoms with Crippen molar-refractivity contribution in [1.29, 1.82) is 0 Å². The van der Waals surface area contributed by atoms with Crippen molar-refractivity contribution in [1.82, 2.24) is 0 Å². The Morgan fingerprint density at radius 2 is 2.24 bits per heavy atom. The van der Waals surface area contributed by atoms with Gasteiger partial charge in [0.1, 0.15) is 0 Å². The number of aryl methyl sites for hydroxylation is 1. The van der Waals surface area contributed by atoms with Crippen molar-refractivity contribution in [3.05, 3.63) is 51.2 Å². The number of thiophene rings is 1. The second kappa shape index (κ2) is 5.91. The predicted molar refractivity (Wildman–Crippen MR) is 78.2 cm³/mol. The molecule has 0 bridgehead atoms. The zero-order chi connectivity index (χ0) is 12.3. The minimum Gasteiger partial charge on any atom is -0.323 e. The van der Waals surface area contributed by atoms with Gasteiger partial charge in [-0.1, -0.05) is 17.7 Å². The summed E-state index contributed by atoms with van der Waals surface area (Å²) < 4.78 is 0.